The Labute approximate surface area is 397 Å². The van der Waals surface area contributed by atoms with Crippen LogP contribution < -0.4 is 43.8 Å². The summed E-state index contributed by atoms with van der Waals surface area (Å²) < 4.78 is 55.3. The molecule has 9 rings (SSSR count). The minimum atomic E-state index is -0.738. The molecule has 69 heavy (non-hydrogen) atoms. The molecule has 3 aliphatic heterocycles. The van der Waals surface area contributed by atoms with Crippen molar-refractivity contribution in [3.8, 4) is 51.4 Å². The van der Waals surface area contributed by atoms with Crippen LogP contribution in [0.2, 0.25) is 0 Å². The van der Waals surface area contributed by atoms with Crippen molar-refractivity contribution in [3.05, 3.63) is 147 Å². The second-order valence-electron chi connectivity index (χ2n) is 16.4. The predicted molar refractivity (Wildman–Crippen MR) is 252 cm³/mol. The highest BCUT2D eigenvalue weighted by Gasteiger charge is 2.39. The van der Waals surface area contributed by atoms with Gasteiger partial charge in [0.1, 0.15) is 29.6 Å². The summed E-state index contributed by atoms with van der Waals surface area (Å²) in [4.78, 5) is 53.9. The van der Waals surface area contributed by atoms with Gasteiger partial charge in [-0.1, -0.05) is 12.1 Å². The van der Waals surface area contributed by atoms with Crippen molar-refractivity contribution in [2.24, 2.45) is 0 Å². The van der Waals surface area contributed by atoms with E-state index >= 15 is 0 Å². The van der Waals surface area contributed by atoms with Crippen LogP contribution in [0.5, 0.6) is 40.2 Å². The van der Waals surface area contributed by atoms with Gasteiger partial charge in [-0.2, -0.15) is 0 Å². The topological polar surface area (TPSA) is 195 Å². The lowest BCUT2D eigenvalue weighted by Crippen LogP contribution is -2.15. The Morgan fingerprint density at radius 1 is 0.435 bits per heavy atom. The van der Waals surface area contributed by atoms with Gasteiger partial charge >= 0.3 is 11.9 Å². The molecule has 3 fully saturated rings. The van der Waals surface area contributed by atoms with Crippen molar-refractivity contribution >= 4 is 35.1 Å². The number of carbonyl (C=O) groups excluding carboxylic acids is 4. The summed E-state index contributed by atoms with van der Waals surface area (Å²) in [7, 11) is 7.18. The zero-order chi connectivity index (χ0) is 48.5. The molecule has 2 amide bonds. The van der Waals surface area contributed by atoms with Gasteiger partial charge in [-0.3, -0.25) is 9.59 Å². The smallest absolute Gasteiger partial charge is 0.347 e. The van der Waals surface area contributed by atoms with E-state index in [1.807, 2.05) is 56.3 Å². The number of aryl methyl sites for hydroxylation is 2. The molecule has 16 heteroatoms. The van der Waals surface area contributed by atoms with Crippen molar-refractivity contribution in [2.45, 2.75) is 32.2 Å². The minimum absolute atomic E-state index is 0.0169. The molecule has 16 nitrogen and oxygen atoms in total. The van der Waals surface area contributed by atoms with Crippen LogP contribution in [-0.2, 0) is 14.2 Å². The van der Waals surface area contributed by atoms with E-state index in [9.17, 15) is 19.2 Å². The number of methoxy groups -OCH3 is 5. The van der Waals surface area contributed by atoms with Crippen molar-refractivity contribution < 1.29 is 66.5 Å². The molecule has 6 aromatic rings. The van der Waals surface area contributed by atoms with Gasteiger partial charge in [-0.15, -0.1) is 0 Å². The number of rotatable bonds is 17. The molecule has 3 aliphatic rings. The van der Waals surface area contributed by atoms with Gasteiger partial charge in [0.25, 0.3) is 11.8 Å². The van der Waals surface area contributed by atoms with Gasteiger partial charge in [0.2, 0.25) is 0 Å². The Kier molecular flexibility index (Phi) is 13.0. The standard InChI is InChI=1S/C53H48N2O14/c1-27-16-31(54-50(56)29-8-14-40(43(18-29)61-4)68-52(58)38-21-36(48-25-66-48)35(47-24-65-47)20-37(38)49-26-67-49)10-12-33(27)34-13-11-32(17-28(34)2)55-51(57)30-9-15-41(44(19-30)62-5)69-53(59)39-22-45(63-6)46(64-7)23-42(39)60-3/h8-23,47-49H,24-26H2,1-7H3,(H,54,56)(H,55,57). The summed E-state index contributed by atoms with van der Waals surface area (Å²) in [5.41, 5.74) is 8.47. The molecule has 3 heterocycles. The number of ether oxygens (including phenoxy) is 10. The maximum absolute atomic E-state index is 13.7. The third kappa shape index (κ3) is 9.90. The SMILES string of the molecule is COc1cc(OC)c(C(=O)Oc2ccc(C(=O)Nc3ccc(-c4ccc(NC(=O)c5ccc(OC(=O)c6cc(C7CO7)c(C7CO7)cc6C6CO6)c(OC)c5)cc4C)c(C)c3)cc2OC)cc1OC. The average molecular weight is 937 g/mol. The van der Waals surface area contributed by atoms with Crippen LogP contribution in [-0.4, -0.2) is 79.1 Å². The summed E-state index contributed by atoms with van der Waals surface area (Å²) in [6.45, 7) is 5.59. The van der Waals surface area contributed by atoms with Gasteiger partial charge in [0.15, 0.2) is 34.5 Å². The first-order valence-electron chi connectivity index (χ1n) is 21.9. The zero-order valence-electron chi connectivity index (χ0n) is 38.8. The molecule has 2 N–H and O–H groups in total. The summed E-state index contributed by atoms with van der Waals surface area (Å²) in [5.74, 6) is -0.594. The van der Waals surface area contributed by atoms with E-state index in [0.717, 1.165) is 38.9 Å². The molecular weight excluding hydrogens is 889 g/mol. The summed E-state index contributed by atoms with van der Waals surface area (Å²) in [6.07, 6.45) is -0.310. The number of hydrogen-bond acceptors (Lipinski definition) is 14. The fourth-order valence-electron chi connectivity index (χ4n) is 8.11. The molecule has 0 spiro atoms. The Morgan fingerprint density at radius 3 is 1.28 bits per heavy atom. The van der Waals surface area contributed by atoms with E-state index in [0.29, 0.717) is 53.8 Å². The highest BCUT2D eigenvalue weighted by molar-refractivity contribution is 6.06. The molecule has 0 aromatic heterocycles. The lowest BCUT2D eigenvalue weighted by Gasteiger charge is -2.16. The van der Waals surface area contributed by atoms with E-state index in [1.54, 1.807) is 12.1 Å². The molecule has 0 bridgehead atoms. The number of esters is 2. The Balaban J connectivity index is 0.836. The first-order valence-corrected chi connectivity index (χ1v) is 21.9. The fraction of sp³-hybridized carbons (Fsp3) is 0.245. The lowest BCUT2D eigenvalue weighted by molar-refractivity contribution is 0.0717. The van der Waals surface area contributed by atoms with Crippen LogP contribution in [0.15, 0.2) is 97.1 Å². The van der Waals surface area contributed by atoms with Crippen LogP contribution in [0.4, 0.5) is 11.4 Å². The van der Waals surface area contributed by atoms with Crippen LogP contribution in [0.1, 0.15) is 87.6 Å². The average Bonchev–Trinajstić information content (AvgIpc) is 4.18. The predicted octanol–water partition coefficient (Wildman–Crippen LogP) is 9.17. The number of carbonyl (C=O) groups is 4. The lowest BCUT2D eigenvalue weighted by atomic mass is 9.93. The summed E-state index contributed by atoms with van der Waals surface area (Å²) >= 11 is 0. The zero-order valence-corrected chi connectivity index (χ0v) is 38.8. The molecule has 3 atom stereocenters. The quantitative estimate of drug-likeness (QED) is 0.0499. The highest BCUT2D eigenvalue weighted by Crippen LogP contribution is 2.45. The number of hydrogen-bond donors (Lipinski definition) is 2. The third-order valence-corrected chi connectivity index (χ3v) is 12.0. The van der Waals surface area contributed by atoms with E-state index in [1.165, 1.54) is 78.0 Å². The Morgan fingerprint density at radius 2 is 0.841 bits per heavy atom. The second kappa shape index (κ2) is 19.4. The van der Waals surface area contributed by atoms with Crippen molar-refractivity contribution in [3.63, 3.8) is 0 Å². The Bertz CT molecular complexity index is 3030. The van der Waals surface area contributed by atoms with Crippen LogP contribution >= 0.6 is 0 Å². The minimum Gasteiger partial charge on any atom is -0.496 e. The maximum Gasteiger partial charge on any atom is 0.347 e. The normalized spacial score (nSPS) is 16.4. The second-order valence-corrected chi connectivity index (χ2v) is 16.4. The third-order valence-electron chi connectivity index (χ3n) is 12.0. The molecule has 3 unspecified atom stereocenters. The Hall–Kier alpha value is -7.92. The number of anilines is 2. The molecule has 6 aromatic carbocycles. The first kappa shape index (κ1) is 46.2. The number of nitrogens with one attached hydrogen (secondary N) is 2. The molecule has 0 radical (unpaired) electrons. The number of benzene rings is 6. The van der Waals surface area contributed by atoms with Crippen LogP contribution in [0.3, 0.4) is 0 Å². The number of epoxide rings is 3. The van der Waals surface area contributed by atoms with E-state index < -0.39 is 23.8 Å². The van der Waals surface area contributed by atoms with Crippen LogP contribution in [0, 0.1) is 13.8 Å². The van der Waals surface area contributed by atoms with Crippen LogP contribution in [0.25, 0.3) is 11.1 Å². The molecule has 0 aliphatic carbocycles. The van der Waals surface area contributed by atoms with Crippen molar-refractivity contribution in [1.29, 1.82) is 0 Å². The van der Waals surface area contributed by atoms with Gasteiger partial charge in [-0.25, -0.2) is 9.59 Å². The van der Waals surface area contributed by atoms with Crippen molar-refractivity contribution in [2.75, 3.05) is 66.0 Å². The van der Waals surface area contributed by atoms with Crippen molar-refractivity contribution in [1.82, 2.24) is 0 Å². The van der Waals surface area contributed by atoms with Gasteiger partial charge < -0.3 is 58.0 Å². The summed E-state index contributed by atoms with van der Waals surface area (Å²) in [6, 6.07) is 27.0. The molecular formula is C53H48N2O14. The summed E-state index contributed by atoms with van der Waals surface area (Å²) in [5, 5.41) is 5.88. The molecule has 3 saturated heterocycles. The van der Waals surface area contributed by atoms with Gasteiger partial charge in [0, 0.05) is 34.6 Å². The largest absolute Gasteiger partial charge is 0.496 e. The van der Waals surface area contributed by atoms with E-state index in [2.05, 4.69) is 10.6 Å². The van der Waals surface area contributed by atoms with Gasteiger partial charge in [0.05, 0.1) is 60.9 Å². The molecule has 0 saturated carbocycles. The van der Waals surface area contributed by atoms with E-state index in [4.69, 9.17) is 47.4 Å². The fourth-order valence-corrected chi connectivity index (χ4v) is 8.11. The molecule has 354 valence electrons. The maximum atomic E-state index is 13.7. The van der Waals surface area contributed by atoms with Gasteiger partial charge in [-0.05, 0) is 126 Å². The van der Waals surface area contributed by atoms with E-state index in [-0.39, 0.29) is 58.2 Å². The number of amides is 2. The first-order chi connectivity index (χ1) is 33.4. The highest BCUT2D eigenvalue weighted by atomic mass is 16.6. The monoisotopic (exact) mass is 936 g/mol.